The quantitative estimate of drug-likeness (QED) is 0.755. The number of rotatable bonds is 3. The van der Waals surface area contributed by atoms with E-state index in [4.69, 9.17) is 0 Å². The molecule has 1 aliphatic rings. The van der Waals surface area contributed by atoms with Crippen LogP contribution in [-0.2, 0) is 22.9 Å². The number of aromatic hydroxyl groups is 1. The number of nitrogens with zero attached hydrogens (tertiary/aromatic N) is 3. The Balaban J connectivity index is 1.84. The van der Waals surface area contributed by atoms with Gasteiger partial charge in [-0.3, -0.25) is 4.68 Å². The molecule has 134 valence electrons. The SMILES string of the molecule is O=S1(=O)NC(O)=CN1c1ccc(Cn2ccc(C(F)(F)F)n2)cc1O. The fourth-order valence-corrected chi connectivity index (χ4v) is 3.30. The Hall–Kier alpha value is -2.89. The minimum absolute atomic E-state index is 0.0595. The predicted molar refractivity (Wildman–Crippen MR) is 79.7 cm³/mol. The van der Waals surface area contributed by atoms with Crippen molar-refractivity contribution in [1.29, 1.82) is 0 Å². The van der Waals surface area contributed by atoms with Crippen molar-refractivity contribution in [3.8, 4) is 5.75 Å². The van der Waals surface area contributed by atoms with E-state index in [1.807, 2.05) is 4.72 Å². The highest BCUT2D eigenvalue weighted by Gasteiger charge is 2.33. The largest absolute Gasteiger partial charge is 0.506 e. The number of hydrogen-bond donors (Lipinski definition) is 3. The van der Waals surface area contributed by atoms with E-state index in [1.54, 1.807) is 0 Å². The molecular weight excluding hydrogens is 365 g/mol. The lowest BCUT2D eigenvalue weighted by molar-refractivity contribution is -0.141. The molecule has 0 fully saturated rings. The molecule has 0 saturated heterocycles. The molecule has 12 heteroatoms. The highest BCUT2D eigenvalue weighted by atomic mass is 32.2. The van der Waals surface area contributed by atoms with Gasteiger partial charge in [0.25, 0.3) is 0 Å². The number of nitrogens with one attached hydrogen (secondary N) is 1. The summed E-state index contributed by atoms with van der Waals surface area (Å²) in [6, 6.07) is 4.70. The van der Waals surface area contributed by atoms with E-state index in [9.17, 15) is 31.8 Å². The Labute approximate surface area is 139 Å². The standard InChI is InChI=1S/C13H11F3N4O4S/c14-13(15,16)11-3-4-19(17-11)6-8-1-2-9(10(21)5-8)20-7-12(22)18-25(20,23)24/h1-5,7,18,21-22H,6H2. The van der Waals surface area contributed by atoms with Crippen molar-refractivity contribution in [2.24, 2.45) is 0 Å². The van der Waals surface area contributed by atoms with Gasteiger partial charge in [0.15, 0.2) is 5.69 Å². The van der Waals surface area contributed by atoms with Crippen LogP contribution in [-0.4, -0.2) is 28.4 Å². The van der Waals surface area contributed by atoms with Gasteiger partial charge in [-0.25, -0.2) is 9.03 Å². The molecule has 2 heterocycles. The predicted octanol–water partition coefficient (Wildman–Crippen LogP) is 1.67. The summed E-state index contributed by atoms with van der Waals surface area (Å²) in [5.74, 6) is -1.04. The Bertz CT molecular complexity index is 952. The van der Waals surface area contributed by atoms with E-state index < -0.39 is 33.7 Å². The van der Waals surface area contributed by atoms with Crippen molar-refractivity contribution < 1.29 is 31.8 Å². The van der Waals surface area contributed by atoms with Crippen LogP contribution < -0.4 is 9.03 Å². The number of benzene rings is 1. The smallest absolute Gasteiger partial charge is 0.435 e. The van der Waals surface area contributed by atoms with E-state index in [0.29, 0.717) is 9.87 Å². The van der Waals surface area contributed by atoms with Gasteiger partial charge in [0, 0.05) is 6.20 Å². The maximum absolute atomic E-state index is 12.5. The molecule has 25 heavy (non-hydrogen) atoms. The van der Waals surface area contributed by atoms with Gasteiger partial charge in [-0.05, 0) is 23.8 Å². The summed E-state index contributed by atoms with van der Waals surface area (Å²) in [7, 11) is -4.06. The highest BCUT2D eigenvalue weighted by molar-refractivity contribution is 7.91. The second kappa shape index (κ2) is 5.58. The normalized spacial score (nSPS) is 16.6. The molecule has 0 saturated carbocycles. The second-order valence-corrected chi connectivity index (χ2v) is 6.68. The van der Waals surface area contributed by atoms with E-state index in [-0.39, 0.29) is 12.2 Å². The van der Waals surface area contributed by atoms with Crippen molar-refractivity contribution in [2.45, 2.75) is 12.7 Å². The fourth-order valence-electron chi connectivity index (χ4n) is 2.23. The lowest BCUT2D eigenvalue weighted by atomic mass is 10.2. The van der Waals surface area contributed by atoms with Gasteiger partial charge in [0.2, 0.25) is 5.88 Å². The average Bonchev–Trinajstić information content (AvgIpc) is 3.03. The molecule has 1 aromatic carbocycles. The van der Waals surface area contributed by atoms with Gasteiger partial charge < -0.3 is 10.2 Å². The monoisotopic (exact) mass is 376 g/mol. The van der Waals surface area contributed by atoms with Gasteiger partial charge in [-0.15, -0.1) is 0 Å². The summed E-state index contributed by atoms with van der Waals surface area (Å²) in [6.07, 6.45) is -2.54. The lowest BCUT2D eigenvalue weighted by Gasteiger charge is -2.16. The first kappa shape index (κ1) is 17.0. The van der Waals surface area contributed by atoms with Gasteiger partial charge in [-0.1, -0.05) is 6.07 Å². The first-order valence-corrected chi connectivity index (χ1v) is 8.16. The van der Waals surface area contributed by atoms with Gasteiger partial charge >= 0.3 is 16.4 Å². The van der Waals surface area contributed by atoms with E-state index in [0.717, 1.165) is 23.1 Å². The molecule has 3 rings (SSSR count). The van der Waals surface area contributed by atoms with E-state index >= 15 is 0 Å². The van der Waals surface area contributed by atoms with Crippen LogP contribution in [0.2, 0.25) is 0 Å². The highest BCUT2D eigenvalue weighted by Crippen LogP contribution is 2.33. The molecule has 0 spiro atoms. The molecule has 8 nitrogen and oxygen atoms in total. The zero-order chi connectivity index (χ0) is 18.4. The fraction of sp³-hybridized carbons (Fsp3) is 0.154. The molecule has 1 aliphatic heterocycles. The Morgan fingerprint density at radius 2 is 1.92 bits per heavy atom. The second-order valence-electron chi connectivity index (χ2n) is 5.14. The Morgan fingerprint density at radius 1 is 1.20 bits per heavy atom. The zero-order valence-electron chi connectivity index (χ0n) is 12.3. The number of aliphatic hydroxyl groups excluding tert-OH is 1. The number of halogens is 3. The number of hydrogen-bond acceptors (Lipinski definition) is 5. The minimum Gasteiger partial charge on any atom is -0.506 e. The minimum atomic E-state index is -4.55. The van der Waals surface area contributed by atoms with Crippen molar-refractivity contribution in [2.75, 3.05) is 4.31 Å². The third-order valence-electron chi connectivity index (χ3n) is 3.28. The first-order valence-electron chi connectivity index (χ1n) is 6.72. The lowest BCUT2D eigenvalue weighted by Crippen LogP contribution is -2.29. The summed E-state index contributed by atoms with van der Waals surface area (Å²) in [5, 5.41) is 22.7. The van der Waals surface area contributed by atoms with Crippen molar-refractivity contribution in [3.05, 3.63) is 53.8 Å². The molecule has 0 amide bonds. The number of phenolic OH excluding ortho intramolecular Hbond substituents is 1. The van der Waals surface area contributed by atoms with Crippen molar-refractivity contribution in [3.63, 3.8) is 0 Å². The summed E-state index contributed by atoms with van der Waals surface area (Å²) in [4.78, 5) is 0. The van der Waals surface area contributed by atoms with E-state index in [1.165, 1.54) is 18.2 Å². The topological polar surface area (TPSA) is 108 Å². The van der Waals surface area contributed by atoms with Crippen LogP contribution in [0.4, 0.5) is 18.9 Å². The Kier molecular flexibility index (Phi) is 3.78. The van der Waals surface area contributed by atoms with Gasteiger partial charge in [0.05, 0.1) is 12.7 Å². The number of aliphatic hydroxyl groups is 1. The van der Waals surface area contributed by atoms with Crippen LogP contribution in [0.5, 0.6) is 5.75 Å². The number of anilines is 1. The number of aromatic nitrogens is 2. The first-order chi connectivity index (χ1) is 11.6. The number of phenols is 1. The maximum atomic E-state index is 12.5. The van der Waals surface area contributed by atoms with Gasteiger partial charge in [-0.2, -0.15) is 26.7 Å². The van der Waals surface area contributed by atoms with Gasteiger partial charge in [0.1, 0.15) is 11.4 Å². The molecule has 0 unspecified atom stereocenters. The molecule has 0 radical (unpaired) electrons. The van der Waals surface area contributed by atoms with Crippen LogP contribution in [0, 0.1) is 0 Å². The Morgan fingerprint density at radius 3 is 2.44 bits per heavy atom. The summed E-state index contributed by atoms with van der Waals surface area (Å²) >= 11 is 0. The molecule has 0 atom stereocenters. The van der Waals surface area contributed by atoms with Crippen molar-refractivity contribution >= 4 is 15.9 Å². The van der Waals surface area contributed by atoms with Crippen molar-refractivity contribution in [1.82, 2.24) is 14.5 Å². The summed E-state index contributed by atoms with van der Waals surface area (Å²) in [5.41, 5.74) is -0.768. The van der Waals surface area contributed by atoms with Crippen LogP contribution in [0.1, 0.15) is 11.3 Å². The third-order valence-corrected chi connectivity index (χ3v) is 4.57. The van der Waals surface area contributed by atoms with Crippen LogP contribution in [0.3, 0.4) is 0 Å². The molecule has 3 N–H and O–H groups in total. The summed E-state index contributed by atoms with van der Waals surface area (Å²) in [6.45, 7) is -0.0595. The number of alkyl halides is 3. The molecule has 0 aliphatic carbocycles. The maximum Gasteiger partial charge on any atom is 0.435 e. The van der Waals surface area contributed by atoms with Crippen LogP contribution in [0.15, 0.2) is 42.5 Å². The average molecular weight is 376 g/mol. The third kappa shape index (κ3) is 3.33. The molecule has 0 bridgehead atoms. The molecular formula is C13H11F3N4O4S. The van der Waals surface area contributed by atoms with E-state index in [2.05, 4.69) is 5.10 Å². The molecule has 2 aromatic rings. The zero-order valence-corrected chi connectivity index (χ0v) is 13.1. The van der Waals surface area contributed by atoms with Crippen LogP contribution in [0.25, 0.3) is 0 Å². The summed E-state index contributed by atoms with van der Waals surface area (Å²) < 4.78 is 64.6. The van der Waals surface area contributed by atoms with Crippen LogP contribution >= 0.6 is 0 Å². The molecule has 1 aromatic heterocycles.